The van der Waals surface area contributed by atoms with Crippen LogP contribution < -0.4 is 10.6 Å². The van der Waals surface area contributed by atoms with Gasteiger partial charge in [-0.25, -0.2) is 0 Å². The molecule has 4 heterocycles. The Morgan fingerprint density at radius 3 is 1.41 bits per heavy atom. The van der Waals surface area contributed by atoms with Gasteiger partial charge in [-0.15, -0.1) is 0 Å². The number of benzene rings is 2. The van der Waals surface area contributed by atoms with E-state index in [4.69, 9.17) is 0 Å². The van der Waals surface area contributed by atoms with E-state index in [0.29, 0.717) is 0 Å². The molecule has 0 radical (unpaired) electrons. The Kier molecular flexibility index (Phi) is 5.25. The molecule has 2 aromatic heterocycles. The molecule has 2 N–H and O–H groups in total. The molecule has 4 nitrogen and oxygen atoms in total. The first kappa shape index (κ1) is 22.5. The second-order valence-corrected chi connectivity index (χ2v) is 10.9. The maximum atomic E-state index is 3.41. The Bertz CT molecular complexity index is 1500. The first-order valence-corrected chi connectivity index (χ1v) is 14.2. The van der Waals surface area contributed by atoms with Crippen molar-refractivity contribution in [2.24, 2.45) is 0 Å². The molecule has 0 saturated heterocycles. The first-order chi connectivity index (χ1) is 19.3. The Labute approximate surface area is 229 Å². The standard InChI is InChI=1S/C35H32N4/c1-3-7-32-28(5-1)30-22-36-19-17-34(30)38(32)26-13-9-24(10-14-26)21-25-11-15-27(16-12-25)39-33-8-4-2-6-29(33)31-23-37-20-18-35(31)39/h3-4,7-20,36-37H,1-2,5-6,21-23H2. The third-order valence-corrected chi connectivity index (χ3v) is 8.68. The van der Waals surface area contributed by atoms with Crippen LogP contribution in [0, 0.1) is 0 Å². The molecular weight excluding hydrogens is 476 g/mol. The van der Waals surface area contributed by atoms with Gasteiger partial charge in [0.2, 0.25) is 0 Å². The summed E-state index contributed by atoms with van der Waals surface area (Å²) in [6.45, 7) is 1.84. The molecule has 0 saturated carbocycles. The van der Waals surface area contributed by atoms with Crippen LogP contribution in [0.5, 0.6) is 0 Å². The summed E-state index contributed by atoms with van der Waals surface area (Å²) in [5.74, 6) is 0. The van der Waals surface area contributed by atoms with Crippen molar-refractivity contribution >= 4 is 24.3 Å². The summed E-state index contributed by atoms with van der Waals surface area (Å²) in [6.07, 6.45) is 23.3. The maximum absolute atomic E-state index is 3.41. The SMILES string of the molecule is C1=Cc2c(c3c(n2-c2ccc(Cc4ccc(-n5c6c(c7c5C=CNC7)CCC=C6)cc4)cc2)C=CNC3)CC1. The molecule has 2 aliphatic heterocycles. The summed E-state index contributed by atoms with van der Waals surface area (Å²) in [5.41, 5.74) is 16.4. The van der Waals surface area contributed by atoms with Crippen LogP contribution in [0.25, 0.3) is 35.7 Å². The molecule has 0 spiro atoms. The zero-order valence-electron chi connectivity index (χ0n) is 22.1. The van der Waals surface area contributed by atoms with E-state index < -0.39 is 0 Å². The van der Waals surface area contributed by atoms with Crippen LogP contribution >= 0.6 is 0 Å². The van der Waals surface area contributed by atoms with E-state index in [9.17, 15) is 0 Å². The normalized spacial score (nSPS) is 16.2. The van der Waals surface area contributed by atoms with Crippen molar-refractivity contribution in [2.75, 3.05) is 0 Å². The lowest BCUT2D eigenvalue weighted by Gasteiger charge is -2.15. The fourth-order valence-electron chi connectivity index (χ4n) is 6.83. The number of aromatic nitrogens is 2. The van der Waals surface area contributed by atoms with E-state index in [2.05, 4.69) is 117 Å². The Hall–Kier alpha value is -4.44. The molecule has 0 bridgehead atoms. The summed E-state index contributed by atoms with van der Waals surface area (Å²) >= 11 is 0. The number of allylic oxidation sites excluding steroid dienone is 2. The second-order valence-electron chi connectivity index (χ2n) is 10.9. The van der Waals surface area contributed by atoms with E-state index in [0.717, 1.165) is 45.2 Å². The third kappa shape index (κ3) is 3.66. The third-order valence-electron chi connectivity index (χ3n) is 8.68. The molecule has 39 heavy (non-hydrogen) atoms. The minimum Gasteiger partial charge on any atom is -0.387 e. The smallest absolute Gasteiger partial charge is 0.0529 e. The molecule has 4 aromatic rings. The number of hydrogen-bond acceptors (Lipinski definition) is 2. The van der Waals surface area contributed by atoms with Gasteiger partial charge in [-0.2, -0.15) is 0 Å². The zero-order chi connectivity index (χ0) is 25.8. The summed E-state index contributed by atoms with van der Waals surface area (Å²) < 4.78 is 4.88. The van der Waals surface area contributed by atoms with Gasteiger partial charge >= 0.3 is 0 Å². The quantitative estimate of drug-likeness (QED) is 0.314. The number of fused-ring (bicyclic) bond motifs is 6. The lowest BCUT2D eigenvalue weighted by atomic mass is 9.98. The van der Waals surface area contributed by atoms with Crippen LogP contribution in [-0.4, -0.2) is 9.13 Å². The van der Waals surface area contributed by atoms with Crippen molar-refractivity contribution in [3.05, 3.63) is 129 Å². The molecule has 4 aliphatic rings. The van der Waals surface area contributed by atoms with Crippen LogP contribution in [-0.2, 0) is 32.4 Å². The highest BCUT2D eigenvalue weighted by molar-refractivity contribution is 5.70. The van der Waals surface area contributed by atoms with Gasteiger partial charge in [0.1, 0.15) is 0 Å². The van der Waals surface area contributed by atoms with Gasteiger partial charge in [-0.1, -0.05) is 36.4 Å². The van der Waals surface area contributed by atoms with Crippen molar-refractivity contribution in [3.63, 3.8) is 0 Å². The first-order valence-electron chi connectivity index (χ1n) is 14.2. The Balaban J connectivity index is 1.08. The highest BCUT2D eigenvalue weighted by atomic mass is 15.0. The molecule has 0 amide bonds. The van der Waals surface area contributed by atoms with Crippen LogP contribution in [0.1, 0.15) is 69.0 Å². The molecule has 4 heteroatoms. The van der Waals surface area contributed by atoms with E-state index in [-0.39, 0.29) is 0 Å². The number of nitrogens with zero attached hydrogens (tertiary/aromatic N) is 2. The minimum atomic E-state index is 0.918. The molecule has 192 valence electrons. The van der Waals surface area contributed by atoms with E-state index in [1.54, 1.807) is 0 Å². The number of nitrogens with one attached hydrogen (secondary N) is 2. The predicted octanol–water partition coefficient (Wildman–Crippen LogP) is 6.93. The summed E-state index contributed by atoms with van der Waals surface area (Å²) in [4.78, 5) is 0. The van der Waals surface area contributed by atoms with Crippen LogP contribution in [0.15, 0.2) is 73.1 Å². The lowest BCUT2D eigenvalue weighted by molar-refractivity contribution is 0.834. The van der Waals surface area contributed by atoms with Crippen molar-refractivity contribution < 1.29 is 0 Å². The van der Waals surface area contributed by atoms with E-state index in [1.165, 1.54) is 67.5 Å². The average Bonchev–Trinajstić information content (AvgIpc) is 3.51. The monoisotopic (exact) mass is 508 g/mol. The molecule has 0 unspecified atom stereocenters. The van der Waals surface area contributed by atoms with Gasteiger partial charge in [-0.05, 0) is 115 Å². The highest BCUT2D eigenvalue weighted by Gasteiger charge is 2.24. The molecule has 2 aliphatic carbocycles. The molecule has 0 fully saturated rings. The fourth-order valence-corrected chi connectivity index (χ4v) is 6.83. The fraction of sp³-hybridized carbons (Fsp3) is 0.200. The molecule has 0 atom stereocenters. The summed E-state index contributed by atoms with van der Waals surface area (Å²) in [6, 6.07) is 18.3. The molecule has 8 rings (SSSR count). The van der Waals surface area contributed by atoms with E-state index >= 15 is 0 Å². The van der Waals surface area contributed by atoms with Crippen molar-refractivity contribution in [2.45, 2.75) is 45.2 Å². The maximum Gasteiger partial charge on any atom is 0.0529 e. The van der Waals surface area contributed by atoms with Crippen LogP contribution in [0.3, 0.4) is 0 Å². The lowest BCUT2D eigenvalue weighted by Crippen LogP contribution is -2.12. The van der Waals surface area contributed by atoms with Crippen molar-refractivity contribution in [3.8, 4) is 11.4 Å². The van der Waals surface area contributed by atoms with Crippen molar-refractivity contribution in [1.82, 2.24) is 19.8 Å². The van der Waals surface area contributed by atoms with Gasteiger partial charge < -0.3 is 19.8 Å². The Morgan fingerprint density at radius 1 is 0.513 bits per heavy atom. The van der Waals surface area contributed by atoms with Gasteiger partial charge in [0, 0.05) is 47.0 Å². The van der Waals surface area contributed by atoms with Gasteiger partial charge in [-0.3, -0.25) is 0 Å². The molecule has 2 aromatic carbocycles. The highest BCUT2D eigenvalue weighted by Crippen LogP contribution is 2.35. The Morgan fingerprint density at radius 2 is 0.949 bits per heavy atom. The molecular formula is C35H32N4. The van der Waals surface area contributed by atoms with Gasteiger partial charge in [0.15, 0.2) is 0 Å². The number of hydrogen-bond donors (Lipinski definition) is 2. The van der Waals surface area contributed by atoms with Crippen molar-refractivity contribution in [1.29, 1.82) is 0 Å². The minimum absolute atomic E-state index is 0.918. The predicted molar refractivity (Wildman–Crippen MR) is 161 cm³/mol. The largest absolute Gasteiger partial charge is 0.387 e. The van der Waals surface area contributed by atoms with Crippen LogP contribution in [0.2, 0.25) is 0 Å². The number of rotatable bonds is 4. The van der Waals surface area contributed by atoms with Gasteiger partial charge in [0.05, 0.1) is 11.4 Å². The average molecular weight is 509 g/mol. The summed E-state index contributed by atoms with van der Waals surface area (Å²) in [5, 5.41) is 6.81. The summed E-state index contributed by atoms with van der Waals surface area (Å²) in [7, 11) is 0. The zero-order valence-corrected chi connectivity index (χ0v) is 22.1. The topological polar surface area (TPSA) is 33.9 Å². The van der Waals surface area contributed by atoms with Gasteiger partial charge in [0.25, 0.3) is 0 Å². The van der Waals surface area contributed by atoms with E-state index in [1.807, 2.05) is 0 Å². The second kappa shape index (κ2) is 9.09. The van der Waals surface area contributed by atoms with Crippen LogP contribution in [0.4, 0.5) is 0 Å².